The molecule has 1 aliphatic rings. The second kappa shape index (κ2) is 5.86. The van der Waals surface area contributed by atoms with E-state index in [0.29, 0.717) is 28.6 Å². The van der Waals surface area contributed by atoms with Gasteiger partial charge in [0.15, 0.2) is 5.11 Å². The van der Waals surface area contributed by atoms with Crippen LogP contribution >= 0.6 is 23.8 Å². The monoisotopic (exact) mass is 294 g/mol. The number of hydrogen-bond acceptors (Lipinski definition) is 3. The van der Waals surface area contributed by atoms with Crippen molar-refractivity contribution in [3.05, 3.63) is 47.1 Å². The van der Waals surface area contributed by atoms with E-state index >= 15 is 0 Å². The van der Waals surface area contributed by atoms with Gasteiger partial charge in [0.2, 0.25) is 0 Å². The molecule has 0 atom stereocenters. The highest BCUT2D eigenvalue weighted by molar-refractivity contribution is 7.80. The molecule has 1 aromatic carbocycles. The number of rotatable bonds is 4. The number of carbonyl (C=O) groups excluding carboxylic acids is 1. The average molecular weight is 295 g/mol. The van der Waals surface area contributed by atoms with Crippen LogP contribution in [0.2, 0.25) is 5.02 Å². The van der Waals surface area contributed by atoms with Crippen molar-refractivity contribution in [1.82, 2.24) is 10.6 Å². The molecule has 1 fully saturated rings. The summed E-state index contributed by atoms with van der Waals surface area (Å²) < 4.78 is 5.50. The Morgan fingerprint density at radius 3 is 2.84 bits per heavy atom. The molecule has 1 heterocycles. The van der Waals surface area contributed by atoms with Gasteiger partial charge in [-0.25, -0.2) is 0 Å². The Kier molecular flexibility index (Phi) is 4.19. The van der Waals surface area contributed by atoms with E-state index in [2.05, 4.69) is 17.2 Å². The molecule has 0 unspecified atom stereocenters. The van der Waals surface area contributed by atoms with E-state index in [0.717, 1.165) is 0 Å². The van der Waals surface area contributed by atoms with Crippen molar-refractivity contribution in [1.29, 1.82) is 0 Å². The SMILES string of the molecule is C=CCOc1ccc(Cl)cc1C=C1NC(=S)NC1=O. The summed E-state index contributed by atoms with van der Waals surface area (Å²) in [5, 5.41) is 6.09. The number of ether oxygens (including phenoxy) is 1. The third-order valence-corrected chi connectivity index (χ3v) is 2.79. The van der Waals surface area contributed by atoms with E-state index < -0.39 is 0 Å². The van der Waals surface area contributed by atoms with E-state index in [-0.39, 0.29) is 11.0 Å². The van der Waals surface area contributed by atoms with Gasteiger partial charge in [0.1, 0.15) is 18.1 Å². The van der Waals surface area contributed by atoms with Crippen LogP contribution in [0.3, 0.4) is 0 Å². The first-order valence-electron chi connectivity index (χ1n) is 5.47. The first kappa shape index (κ1) is 13.6. The molecule has 0 spiro atoms. The molecular weight excluding hydrogens is 284 g/mol. The van der Waals surface area contributed by atoms with Gasteiger partial charge in [-0.15, -0.1) is 0 Å². The Morgan fingerprint density at radius 1 is 1.42 bits per heavy atom. The Morgan fingerprint density at radius 2 is 2.21 bits per heavy atom. The zero-order chi connectivity index (χ0) is 13.8. The van der Waals surface area contributed by atoms with Gasteiger partial charge in [-0.3, -0.25) is 10.1 Å². The zero-order valence-corrected chi connectivity index (χ0v) is 11.5. The van der Waals surface area contributed by atoms with Crippen LogP contribution in [0.15, 0.2) is 36.6 Å². The minimum Gasteiger partial charge on any atom is -0.489 e. The number of amides is 1. The molecule has 1 amide bonds. The third kappa shape index (κ3) is 3.33. The second-order valence-electron chi connectivity index (χ2n) is 3.75. The number of halogens is 1. The number of nitrogens with one attached hydrogen (secondary N) is 2. The fourth-order valence-electron chi connectivity index (χ4n) is 1.55. The Balaban J connectivity index is 2.35. The lowest BCUT2D eigenvalue weighted by molar-refractivity contribution is -0.115. The van der Waals surface area contributed by atoms with Gasteiger partial charge < -0.3 is 10.1 Å². The Labute approximate surface area is 121 Å². The predicted molar refractivity (Wildman–Crippen MR) is 79.0 cm³/mol. The molecule has 4 nitrogen and oxygen atoms in total. The molecule has 0 aromatic heterocycles. The summed E-state index contributed by atoms with van der Waals surface area (Å²) in [6, 6.07) is 5.17. The van der Waals surface area contributed by atoms with Crippen LogP contribution < -0.4 is 15.4 Å². The first-order valence-corrected chi connectivity index (χ1v) is 6.26. The number of carbonyl (C=O) groups is 1. The summed E-state index contributed by atoms with van der Waals surface area (Å²) in [5.74, 6) is 0.337. The van der Waals surface area contributed by atoms with Gasteiger partial charge in [0.25, 0.3) is 5.91 Å². The average Bonchev–Trinajstić information content (AvgIpc) is 2.67. The van der Waals surface area contributed by atoms with Gasteiger partial charge in [-0.2, -0.15) is 0 Å². The molecule has 0 radical (unpaired) electrons. The van der Waals surface area contributed by atoms with Crippen LogP contribution in [0.5, 0.6) is 5.75 Å². The summed E-state index contributed by atoms with van der Waals surface area (Å²) in [4.78, 5) is 11.6. The lowest BCUT2D eigenvalue weighted by Gasteiger charge is -2.08. The summed E-state index contributed by atoms with van der Waals surface area (Å²) in [5.41, 5.74) is 1.05. The molecule has 6 heteroatoms. The fourth-order valence-corrected chi connectivity index (χ4v) is 1.93. The fraction of sp³-hybridized carbons (Fsp3) is 0.0769. The zero-order valence-electron chi connectivity index (χ0n) is 9.90. The maximum absolute atomic E-state index is 11.6. The van der Waals surface area contributed by atoms with Crippen molar-refractivity contribution in [2.45, 2.75) is 0 Å². The Hall–Kier alpha value is -1.85. The van der Waals surface area contributed by atoms with Crippen molar-refractivity contribution >= 4 is 40.9 Å². The minimum absolute atomic E-state index is 0.278. The highest BCUT2D eigenvalue weighted by atomic mass is 35.5. The van der Waals surface area contributed by atoms with E-state index in [4.69, 9.17) is 28.6 Å². The van der Waals surface area contributed by atoms with E-state index in [1.54, 1.807) is 30.4 Å². The van der Waals surface area contributed by atoms with Crippen LogP contribution in [-0.2, 0) is 4.79 Å². The largest absolute Gasteiger partial charge is 0.489 e. The maximum atomic E-state index is 11.6. The molecule has 1 saturated heterocycles. The number of hydrogen-bond donors (Lipinski definition) is 2. The molecular formula is C13H11ClN2O2S. The molecule has 1 aliphatic heterocycles. The first-order chi connectivity index (χ1) is 9.10. The van der Waals surface area contributed by atoms with Gasteiger partial charge in [0, 0.05) is 10.6 Å². The molecule has 2 rings (SSSR count). The second-order valence-corrected chi connectivity index (χ2v) is 4.59. The van der Waals surface area contributed by atoms with Crippen molar-refractivity contribution in [3.8, 4) is 5.75 Å². The van der Waals surface area contributed by atoms with Crippen molar-refractivity contribution in [2.24, 2.45) is 0 Å². The van der Waals surface area contributed by atoms with Crippen LogP contribution in [-0.4, -0.2) is 17.6 Å². The highest BCUT2D eigenvalue weighted by Crippen LogP contribution is 2.25. The van der Waals surface area contributed by atoms with E-state index in [9.17, 15) is 4.79 Å². The minimum atomic E-state index is -0.278. The number of thiocarbonyl (C=S) groups is 1. The molecule has 1 aromatic rings. The third-order valence-electron chi connectivity index (χ3n) is 2.35. The highest BCUT2D eigenvalue weighted by Gasteiger charge is 2.20. The van der Waals surface area contributed by atoms with Gasteiger partial charge in [0.05, 0.1) is 0 Å². The van der Waals surface area contributed by atoms with Crippen LogP contribution in [0.25, 0.3) is 6.08 Å². The van der Waals surface area contributed by atoms with Crippen molar-refractivity contribution < 1.29 is 9.53 Å². The van der Waals surface area contributed by atoms with Crippen molar-refractivity contribution in [3.63, 3.8) is 0 Å². The topological polar surface area (TPSA) is 50.4 Å². The lowest BCUT2D eigenvalue weighted by Crippen LogP contribution is -2.21. The predicted octanol–water partition coefficient (Wildman–Crippen LogP) is 2.25. The lowest BCUT2D eigenvalue weighted by atomic mass is 10.1. The van der Waals surface area contributed by atoms with Gasteiger partial charge in [-0.1, -0.05) is 24.3 Å². The standard InChI is InChI=1S/C13H11ClN2O2S/c1-2-5-18-11-4-3-9(14)6-8(11)7-10-12(17)16-13(19)15-10/h2-4,6-7H,1,5H2,(H2,15,16,17,19). The quantitative estimate of drug-likeness (QED) is 0.508. The molecule has 98 valence electrons. The Bertz CT molecular complexity index is 584. The summed E-state index contributed by atoms with van der Waals surface area (Å²) in [6.07, 6.45) is 3.28. The number of benzene rings is 1. The smallest absolute Gasteiger partial charge is 0.273 e. The van der Waals surface area contributed by atoms with Crippen LogP contribution in [0.1, 0.15) is 5.56 Å². The molecule has 19 heavy (non-hydrogen) atoms. The maximum Gasteiger partial charge on any atom is 0.273 e. The summed E-state index contributed by atoms with van der Waals surface area (Å²) in [7, 11) is 0. The molecule has 0 bridgehead atoms. The summed E-state index contributed by atoms with van der Waals surface area (Å²) in [6.45, 7) is 3.96. The van der Waals surface area contributed by atoms with E-state index in [1.807, 2.05) is 0 Å². The van der Waals surface area contributed by atoms with Crippen LogP contribution in [0.4, 0.5) is 0 Å². The molecule has 0 aliphatic carbocycles. The van der Waals surface area contributed by atoms with Crippen LogP contribution in [0, 0.1) is 0 Å². The van der Waals surface area contributed by atoms with Gasteiger partial charge >= 0.3 is 0 Å². The summed E-state index contributed by atoms with van der Waals surface area (Å²) >= 11 is 10.8. The van der Waals surface area contributed by atoms with Gasteiger partial charge in [-0.05, 0) is 36.5 Å². The van der Waals surface area contributed by atoms with Crippen molar-refractivity contribution in [2.75, 3.05) is 6.61 Å². The molecule has 2 N–H and O–H groups in total. The normalized spacial score (nSPS) is 16.2. The molecule has 0 saturated carbocycles. The van der Waals surface area contributed by atoms with E-state index in [1.165, 1.54) is 0 Å².